The van der Waals surface area contributed by atoms with E-state index in [9.17, 15) is 0 Å². The fourth-order valence-electron chi connectivity index (χ4n) is 2.53. The van der Waals surface area contributed by atoms with Crippen LogP contribution in [0, 0.1) is 20.8 Å². The van der Waals surface area contributed by atoms with E-state index in [1.807, 2.05) is 0 Å². The number of nitrogens with one attached hydrogen (secondary N) is 1. The van der Waals surface area contributed by atoms with E-state index in [4.69, 9.17) is 0 Å². The molecular weight excluding hydrogens is 310 g/mol. The van der Waals surface area contributed by atoms with Crippen molar-refractivity contribution in [2.24, 2.45) is 0 Å². The van der Waals surface area contributed by atoms with Crippen LogP contribution in [-0.2, 0) is 0 Å². The summed E-state index contributed by atoms with van der Waals surface area (Å²) < 4.78 is 1.17. The molecule has 0 heterocycles. The molecule has 0 aliphatic heterocycles. The van der Waals surface area contributed by atoms with Crippen LogP contribution in [0.15, 0.2) is 40.9 Å². The Labute approximate surface area is 130 Å². The average Bonchev–Trinajstić information content (AvgIpc) is 2.40. The van der Waals surface area contributed by atoms with Crippen molar-refractivity contribution < 1.29 is 0 Å². The van der Waals surface area contributed by atoms with Gasteiger partial charge in [0.05, 0.1) is 6.04 Å². The Morgan fingerprint density at radius 1 is 0.950 bits per heavy atom. The summed E-state index contributed by atoms with van der Waals surface area (Å²) in [5, 5.41) is 3.61. The summed E-state index contributed by atoms with van der Waals surface area (Å²) in [6.07, 6.45) is 0. The first-order valence-electron chi connectivity index (χ1n) is 7.09. The van der Waals surface area contributed by atoms with Gasteiger partial charge in [-0.2, -0.15) is 0 Å². The molecule has 0 saturated heterocycles. The lowest BCUT2D eigenvalue weighted by Gasteiger charge is -2.23. The predicted octanol–water partition coefficient (Wildman–Crippen LogP) is 5.07. The minimum absolute atomic E-state index is 0.231. The van der Waals surface area contributed by atoms with E-state index >= 15 is 0 Å². The molecule has 1 N–H and O–H groups in total. The highest BCUT2D eigenvalue weighted by Crippen LogP contribution is 2.31. The normalized spacial score (nSPS) is 12.4. The van der Waals surface area contributed by atoms with Gasteiger partial charge in [0.25, 0.3) is 0 Å². The van der Waals surface area contributed by atoms with Crippen LogP contribution < -0.4 is 5.32 Å². The molecule has 1 atom stereocenters. The second kappa shape index (κ2) is 6.55. The highest BCUT2D eigenvalue weighted by atomic mass is 79.9. The lowest BCUT2D eigenvalue weighted by atomic mass is 9.93. The molecule has 2 rings (SSSR count). The monoisotopic (exact) mass is 331 g/mol. The second-order valence-electron chi connectivity index (χ2n) is 5.38. The molecule has 2 heteroatoms. The van der Waals surface area contributed by atoms with Crippen LogP contribution in [0.25, 0.3) is 0 Å². The standard InChI is InChI=1S/C18H22BrN/c1-5-20-18(15-9-7-13(3)11-17(15)19)16-10-12(2)6-8-14(16)4/h6-11,18,20H,5H2,1-4H3. The first-order valence-corrected chi connectivity index (χ1v) is 7.88. The number of rotatable bonds is 4. The largest absolute Gasteiger partial charge is 0.306 e. The number of benzene rings is 2. The van der Waals surface area contributed by atoms with Gasteiger partial charge < -0.3 is 5.32 Å². The summed E-state index contributed by atoms with van der Waals surface area (Å²) in [5.74, 6) is 0. The molecule has 20 heavy (non-hydrogen) atoms. The SMILES string of the molecule is CCNC(c1cc(C)ccc1C)c1ccc(C)cc1Br. The molecule has 1 nitrogen and oxygen atoms in total. The summed E-state index contributed by atoms with van der Waals surface area (Å²) >= 11 is 3.72. The van der Waals surface area contributed by atoms with Crippen LogP contribution in [0.5, 0.6) is 0 Å². The maximum Gasteiger partial charge on any atom is 0.0590 e. The highest BCUT2D eigenvalue weighted by molar-refractivity contribution is 9.10. The zero-order valence-corrected chi connectivity index (χ0v) is 14.2. The fraction of sp³-hybridized carbons (Fsp3) is 0.333. The van der Waals surface area contributed by atoms with Gasteiger partial charge in [0.2, 0.25) is 0 Å². The van der Waals surface area contributed by atoms with Gasteiger partial charge in [0.1, 0.15) is 0 Å². The third-order valence-corrected chi connectivity index (χ3v) is 4.31. The number of aryl methyl sites for hydroxylation is 3. The first-order chi connectivity index (χ1) is 9.52. The molecule has 2 aromatic carbocycles. The van der Waals surface area contributed by atoms with Crippen LogP contribution in [0.2, 0.25) is 0 Å². The van der Waals surface area contributed by atoms with E-state index in [-0.39, 0.29) is 6.04 Å². The number of hydrogen-bond donors (Lipinski definition) is 1. The zero-order chi connectivity index (χ0) is 14.7. The van der Waals surface area contributed by atoms with E-state index in [0.29, 0.717) is 0 Å². The molecule has 0 spiro atoms. The van der Waals surface area contributed by atoms with Gasteiger partial charge in [-0.05, 0) is 55.6 Å². The van der Waals surface area contributed by atoms with E-state index in [1.165, 1.54) is 32.3 Å². The summed E-state index contributed by atoms with van der Waals surface area (Å²) in [5.41, 5.74) is 6.56. The summed E-state index contributed by atoms with van der Waals surface area (Å²) in [4.78, 5) is 0. The van der Waals surface area contributed by atoms with Gasteiger partial charge >= 0.3 is 0 Å². The maximum absolute atomic E-state index is 3.72. The molecular formula is C18H22BrN. The first kappa shape index (κ1) is 15.3. The molecule has 0 fully saturated rings. The molecule has 0 aliphatic rings. The van der Waals surface area contributed by atoms with Gasteiger partial charge in [0, 0.05) is 4.47 Å². The van der Waals surface area contributed by atoms with E-state index < -0.39 is 0 Å². The molecule has 0 aliphatic carbocycles. The molecule has 1 unspecified atom stereocenters. The van der Waals surface area contributed by atoms with Crippen molar-refractivity contribution in [3.63, 3.8) is 0 Å². The minimum atomic E-state index is 0.231. The Morgan fingerprint density at radius 2 is 1.60 bits per heavy atom. The molecule has 106 valence electrons. The van der Waals surface area contributed by atoms with Crippen molar-refractivity contribution >= 4 is 15.9 Å². The van der Waals surface area contributed by atoms with Crippen LogP contribution in [0.4, 0.5) is 0 Å². The van der Waals surface area contributed by atoms with Crippen LogP contribution in [0.3, 0.4) is 0 Å². The Bertz CT molecular complexity index is 604. The van der Waals surface area contributed by atoms with Crippen molar-refractivity contribution in [3.8, 4) is 0 Å². The minimum Gasteiger partial charge on any atom is -0.306 e. The number of hydrogen-bond acceptors (Lipinski definition) is 1. The molecule has 0 aromatic heterocycles. The van der Waals surface area contributed by atoms with Gasteiger partial charge in [-0.3, -0.25) is 0 Å². The second-order valence-corrected chi connectivity index (χ2v) is 6.23. The Balaban J connectivity index is 2.53. The number of halogens is 1. The Morgan fingerprint density at radius 3 is 2.25 bits per heavy atom. The summed E-state index contributed by atoms with van der Waals surface area (Å²) in [6, 6.07) is 13.5. The molecule has 0 saturated carbocycles. The summed E-state index contributed by atoms with van der Waals surface area (Å²) in [7, 11) is 0. The van der Waals surface area contributed by atoms with E-state index in [2.05, 4.69) is 85.3 Å². The van der Waals surface area contributed by atoms with Gasteiger partial charge in [-0.1, -0.05) is 58.7 Å². The van der Waals surface area contributed by atoms with Crippen molar-refractivity contribution in [2.45, 2.75) is 33.7 Å². The topological polar surface area (TPSA) is 12.0 Å². The average molecular weight is 332 g/mol. The molecule has 0 amide bonds. The van der Waals surface area contributed by atoms with Crippen LogP contribution in [-0.4, -0.2) is 6.54 Å². The van der Waals surface area contributed by atoms with Gasteiger partial charge in [0.15, 0.2) is 0 Å². The molecule has 0 radical (unpaired) electrons. The van der Waals surface area contributed by atoms with Crippen molar-refractivity contribution in [3.05, 3.63) is 68.7 Å². The smallest absolute Gasteiger partial charge is 0.0590 e. The van der Waals surface area contributed by atoms with E-state index in [1.54, 1.807) is 0 Å². The van der Waals surface area contributed by atoms with Crippen molar-refractivity contribution in [2.75, 3.05) is 6.54 Å². The maximum atomic E-state index is 3.72. The predicted molar refractivity (Wildman–Crippen MR) is 90.3 cm³/mol. The highest BCUT2D eigenvalue weighted by Gasteiger charge is 2.17. The lowest BCUT2D eigenvalue weighted by Crippen LogP contribution is -2.23. The quantitative estimate of drug-likeness (QED) is 0.824. The summed E-state index contributed by atoms with van der Waals surface area (Å²) in [6.45, 7) is 9.55. The third kappa shape index (κ3) is 3.31. The van der Waals surface area contributed by atoms with Crippen molar-refractivity contribution in [1.29, 1.82) is 0 Å². The molecule has 2 aromatic rings. The van der Waals surface area contributed by atoms with Gasteiger partial charge in [-0.15, -0.1) is 0 Å². The zero-order valence-electron chi connectivity index (χ0n) is 12.6. The van der Waals surface area contributed by atoms with Gasteiger partial charge in [-0.25, -0.2) is 0 Å². The van der Waals surface area contributed by atoms with Crippen molar-refractivity contribution in [1.82, 2.24) is 5.32 Å². The third-order valence-electron chi connectivity index (χ3n) is 3.62. The Hall–Kier alpha value is -1.12. The fourth-order valence-corrected chi connectivity index (χ4v) is 3.25. The van der Waals surface area contributed by atoms with Crippen LogP contribution in [0.1, 0.15) is 40.8 Å². The Kier molecular flexibility index (Phi) is 5.00. The lowest BCUT2D eigenvalue weighted by molar-refractivity contribution is 0.625. The van der Waals surface area contributed by atoms with E-state index in [0.717, 1.165) is 6.54 Å². The molecule has 0 bridgehead atoms. The van der Waals surface area contributed by atoms with Crippen LogP contribution >= 0.6 is 15.9 Å².